The minimum Gasteiger partial charge on any atom is -0.463 e. The molecule has 0 aliphatic heterocycles. The van der Waals surface area contributed by atoms with Gasteiger partial charge in [-0.2, -0.15) is 0 Å². The Morgan fingerprint density at radius 3 is 2.67 bits per heavy atom. The molecule has 1 N–H and O–H groups in total. The number of hydrogen-bond acceptors (Lipinski definition) is 3. The number of pyridine rings is 1. The van der Waals surface area contributed by atoms with E-state index in [-0.39, 0.29) is 22.6 Å². The molecule has 128 valence electrons. The minimum atomic E-state index is -0.704. The molecular formula is C17H17Cl2FN2O2. The van der Waals surface area contributed by atoms with Crippen molar-refractivity contribution in [2.24, 2.45) is 0 Å². The first-order valence-corrected chi connectivity index (χ1v) is 8.25. The summed E-state index contributed by atoms with van der Waals surface area (Å²) in [5, 5.41) is 3.44. The van der Waals surface area contributed by atoms with Crippen LogP contribution in [0.4, 0.5) is 4.39 Å². The number of carbonyl (C=O) groups excluding carboxylic acids is 1. The molecule has 1 aromatic heterocycles. The van der Waals surface area contributed by atoms with Gasteiger partial charge < -0.3 is 10.1 Å². The molecule has 0 unspecified atom stereocenters. The number of ether oxygens (including phenoxy) is 1. The summed E-state index contributed by atoms with van der Waals surface area (Å²) < 4.78 is 18.4. The van der Waals surface area contributed by atoms with Crippen LogP contribution in [-0.4, -0.2) is 23.5 Å². The van der Waals surface area contributed by atoms with Gasteiger partial charge in [0.2, 0.25) is 5.88 Å². The molecule has 1 atom stereocenters. The maximum absolute atomic E-state index is 12.8. The highest BCUT2D eigenvalue weighted by atomic mass is 35.5. The summed E-state index contributed by atoms with van der Waals surface area (Å²) in [7, 11) is 0. The molecular weight excluding hydrogens is 354 g/mol. The second-order valence-corrected chi connectivity index (χ2v) is 5.97. The number of halogens is 3. The second-order valence-electron chi connectivity index (χ2n) is 5.12. The smallest absolute Gasteiger partial charge is 0.261 e. The van der Waals surface area contributed by atoms with E-state index in [1.807, 2.05) is 6.92 Å². The molecule has 2 aromatic rings. The number of hydrogen-bond donors (Lipinski definition) is 1. The minimum absolute atomic E-state index is 0.168. The van der Waals surface area contributed by atoms with Crippen LogP contribution < -0.4 is 10.1 Å². The maximum atomic E-state index is 12.8. The monoisotopic (exact) mass is 370 g/mol. The van der Waals surface area contributed by atoms with Crippen LogP contribution >= 0.6 is 23.2 Å². The highest BCUT2D eigenvalue weighted by Gasteiger charge is 2.20. The van der Waals surface area contributed by atoms with Crippen molar-refractivity contribution in [2.75, 3.05) is 6.54 Å². The third-order valence-corrected chi connectivity index (χ3v) is 3.79. The van der Waals surface area contributed by atoms with Gasteiger partial charge in [-0.3, -0.25) is 4.79 Å². The third kappa shape index (κ3) is 5.35. The molecule has 24 heavy (non-hydrogen) atoms. The van der Waals surface area contributed by atoms with Crippen molar-refractivity contribution in [3.63, 3.8) is 0 Å². The lowest BCUT2D eigenvalue weighted by Gasteiger charge is -2.17. The van der Waals surface area contributed by atoms with Gasteiger partial charge in [-0.15, -0.1) is 0 Å². The molecule has 0 fully saturated rings. The molecule has 0 spiro atoms. The van der Waals surface area contributed by atoms with E-state index in [0.29, 0.717) is 24.4 Å². The van der Waals surface area contributed by atoms with E-state index in [1.165, 1.54) is 24.4 Å². The molecule has 1 heterocycles. The summed E-state index contributed by atoms with van der Waals surface area (Å²) in [4.78, 5) is 16.2. The fourth-order valence-corrected chi connectivity index (χ4v) is 2.47. The molecule has 0 saturated carbocycles. The summed E-state index contributed by atoms with van der Waals surface area (Å²) in [6.07, 6.45) is 1.76. The van der Waals surface area contributed by atoms with Crippen molar-refractivity contribution >= 4 is 29.1 Å². The second kappa shape index (κ2) is 8.85. The van der Waals surface area contributed by atoms with Gasteiger partial charge in [0.05, 0.1) is 5.02 Å². The van der Waals surface area contributed by atoms with Gasteiger partial charge in [0.25, 0.3) is 5.91 Å². The fourth-order valence-electron chi connectivity index (χ4n) is 2.04. The lowest BCUT2D eigenvalue weighted by atomic mass is 10.1. The van der Waals surface area contributed by atoms with Crippen LogP contribution in [0.5, 0.6) is 5.88 Å². The molecule has 0 aliphatic rings. The first-order chi connectivity index (χ1) is 11.5. The Balaban J connectivity index is 1.87. The SMILES string of the molecule is CC[C@@H](Oc1ncc(Cl)cc1Cl)C(=O)NCCc1ccc(F)cc1. The number of amides is 1. The zero-order valence-electron chi connectivity index (χ0n) is 13.1. The standard InChI is InChI=1S/C17H17Cl2FN2O2/c1-2-15(24-17-14(19)9-12(18)10-22-17)16(23)21-8-7-11-3-5-13(20)6-4-11/h3-6,9-10,15H,2,7-8H2,1H3,(H,21,23)/t15-/m1/s1. The summed E-state index contributed by atoms with van der Waals surface area (Å²) >= 11 is 11.8. The van der Waals surface area contributed by atoms with Crippen molar-refractivity contribution in [3.8, 4) is 5.88 Å². The van der Waals surface area contributed by atoms with Crippen LogP contribution in [-0.2, 0) is 11.2 Å². The Labute approximate surface area is 149 Å². The number of aromatic nitrogens is 1. The van der Waals surface area contributed by atoms with Crippen molar-refractivity contribution < 1.29 is 13.9 Å². The highest BCUT2D eigenvalue weighted by molar-refractivity contribution is 6.35. The maximum Gasteiger partial charge on any atom is 0.261 e. The van der Waals surface area contributed by atoms with Gasteiger partial charge in [-0.1, -0.05) is 42.3 Å². The van der Waals surface area contributed by atoms with E-state index in [0.717, 1.165) is 5.56 Å². The summed E-state index contributed by atoms with van der Waals surface area (Å²) in [6.45, 7) is 2.25. The third-order valence-electron chi connectivity index (χ3n) is 3.32. The number of benzene rings is 1. The predicted octanol–water partition coefficient (Wildman–Crippen LogP) is 4.04. The van der Waals surface area contributed by atoms with Crippen LogP contribution in [0.2, 0.25) is 10.0 Å². The fraction of sp³-hybridized carbons (Fsp3) is 0.294. The van der Waals surface area contributed by atoms with Crippen LogP contribution in [0.1, 0.15) is 18.9 Å². The van der Waals surface area contributed by atoms with Gasteiger partial charge in [0, 0.05) is 12.7 Å². The molecule has 0 bridgehead atoms. The molecule has 0 aliphatic carbocycles. The lowest BCUT2D eigenvalue weighted by molar-refractivity contribution is -0.128. The van der Waals surface area contributed by atoms with Gasteiger partial charge in [0.1, 0.15) is 10.8 Å². The Kier molecular flexibility index (Phi) is 6.82. The average Bonchev–Trinajstić information content (AvgIpc) is 2.56. The molecule has 7 heteroatoms. The normalized spacial score (nSPS) is 11.8. The number of nitrogens with zero attached hydrogens (tertiary/aromatic N) is 1. The van der Waals surface area contributed by atoms with Crippen molar-refractivity contribution in [3.05, 3.63) is 58.0 Å². The summed E-state index contributed by atoms with van der Waals surface area (Å²) in [5.41, 5.74) is 0.938. The molecule has 4 nitrogen and oxygen atoms in total. The number of rotatable bonds is 7. The largest absolute Gasteiger partial charge is 0.463 e. The summed E-state index contributed by atoms with van der Waals surface area (Å²) in [5.74, 6) is -0.372. The van der Waals surface area contributed by atoms with Gasteiger partial charge in [-0.05, 0) is 36.6 Å². The van der Waals surface area contributed by atoms with Crippen LogP contribution in [0, 0.1) is 5.82 Å². The van der Waals surface area contributed by atoms with Crippen LogP contribution in [0.3, 0.4) is 0 Å². The first-order valence-electron chi connectivity index (χ1n) is 7.49. The first kappa shape index (κ1) is 18.5. The molecule has 1 aromatic carbocycles. The molecule has 0 saturated heterocycles. The number of nitrogens with one attached hydrogen (secondary N) is 1. The molecule has 1 amide bonds. The van der Waals surface area contributed by atoms with Crippen molar-refractivity contribution in [1.82, 2.24) is 10.3 Å². The average molecular weight is 371 g/mol. The quantitative estimate of drug-likeness (QED) is 0.799. The zero-order valence-corrected chi connectivity index (χ0v) is 14.6. The molecule has 2 rings (SSSR count). The van der Waals surface area contributed by atoms with Crippen LogP contribution in [0.25, 0.3) is 0 Å². The number of carbonyl (C=O) groups is 1. The lowest BCUT2D eigenvalue weighted by Crippen LogP contribution is -2.39. The highest BCUT2D eigenvalue weighted by Crippen LogP contribution is 2.25. The van der Waals surface area contributed by atoms with E-state index >= 15 is 0 Å². The van der Waals surface area contributed by atoms with Crippen molar-refractivity contribution in [2.45, 2.75) is 25.9 Å². The van der Waals surface area contributed by atoms with E-state index in [9.17, 15) is 9.18 Å². The summed E-state index contributed by atoms with van der Waals surface area (Å²) in [6, 6.07) is 7.66. The van der Waals surface area contributed by atoms with E-state index in [2.05, 4.69) is 10.3 Å². The Bertz CT molecular complexity index is 695. The predicted molar refractivity (Wildman–Crippen MR) is 92.1 cm³/mol. The van der Waals surface area contributed by atoms with E-state index in [1.54, 1.807) is 12.1 Å². The zero-order chi connectivity index (χ0) is 17.5. The molecule has 0 radical (unpaired) electrons. The van der Waals surface area contributed by atoms with Gasteiger partial charge in [-0.25, -0.2) is 9.37 Å². The Morgan fingerprint density at radius 1 is 1.33 bits per heavy atom. The Hall–Kier alpha value is -1.85. The Morgan fingerprint density at radius 2 is 2.04 bits per heavy atom. The van der Waals surface area contributed by atoms with Gasteiger partial charge >= 0.3 is 0 Å². The van der Waals surface area contributed by atoms with E-state index in [4.69, 9.17) is 27.9 Å². The van der Waals surface area contributed by atoms with E-state index < -0.39 is 6.10 Å². The topological polar surface area (TPSA) is 51.2 Å². The van der Waals surface area contributed by atoms with Crippen molar-refractivity contribution in [1.29, 1.82) is 0 Å². The van der Waals surface area contributed by atoms with Crippen LogP contribution in [0.15, 0.2) is 36.5 Å². The van der Waals surface area contributed by atoms with Gasteiger partial charge in [0.15, 0.2) is 6.10 Å².